The van der Waals surface area contributed by atoms with E-state index in [1.165, 1.54) is 38.3 Å². The normalized spacial score (nSPS) is 9.95. The van der Waals surface area contributed by atoms with Gasteiger partial charge in [0.2, 0.25) is 6.79 Å². The van der Waals surface area contributed by atoms with E-state index in [0.29, 0.717) is 17.0 Å². The number of ketones is 2. The Labute approximate surface area is 216 Å². The molecule has 0 aliphatic carbocycles. The molecular formula is C24H25N5O9. The van der Waals surface area contributed by atoms with Crippen LogP contribution in [-0.2, 0) is 4.79 Å². The van der Waals surface area contributed by atoms with Crippen molar-refractivity contribution in [1.82, 2.24) is 0 Å². The molecule has 38 heavy (non-hydrogen) atoms. The van der Waals surface area contributed by atoms with Gasteiger partial charge in [-0.05, 0) is 43.3 Å². The van der Waals surface area contributed by atoms with Gasteiger partial charge in [0.15, 0.2) is 11.5 Å². The second-order valence-electron chi connectivity index (χ2n) is 7.59. The summed E-state index contributed by atoms with van der Waals surface area (Å²) in [4.78, 5) is 42.7. The summed E-state index contributed by atoms with van der Waals surface area (Å²) in [5, 5.41) is 21.5. The lowest BCUT2D eigenvalue weighted by Crippen LogP contribution is -2.08. The zero-order valence-electron chi connectivity index (χ0n) is 20.4. The van der Waals surface area contributed by atoms with Gasteiger partial charge in [-0.25, -0.2) is 0 Å². The van der Waals surface area contributed by atoms with Crippen molar-refractivity contribution in [3.63, 3.8) is 0 Å². The molecule has 0 aliphatic rings. The molecule has 3 aromatic rings. The maximum Gasteiger partial charge on any atom is 0.295 e. The lowest BCUT2D eigenvalue weighted by molar-refractivity contribution is -0.384. The van der Waals surface area contributed by atoms with Crippen LogP contribution >= 0.6 is 0 Å². The van der Waals surface area contributed by atoms with Crippen molar-refractivity contribution in [2.75, 3.05) is 31.1 Å². The minimum absolute atomic E-state index is 0.0115. The van der Waals surface area contributed by atoms with Gasteiger partial charge >= 0.3 is 0 Å². The molecule has 0 radical (unpaired) electrons. The molecule has 0 saturated heterocycles. The number of nitrogen functional groups attached to an aromatic ring is 3. The molecule has 14 heteroatoms. The molecule has 0 aromatic heterocycles. The van der Waals surface area contributed by atoms with Gasteiger partial charge in [0, 0.05) is 0 Å². The first-order chi connectivity index (χ1) is 17.9. The highest BCUT2D eigenvalue weighted by Crippen LogP contribution is 2.29. The van der Waals surface area contributed by atoms with E-state index in [9.17, 15) is 29.8 Å². The number of ether oxygens (including phenoxy) is 3. The molecule has 0 bridgehead atoms. The minimum atomic E-state index is -0.633. The van der Waals surface area contributed by atoms with E-state index >= 15 is 0 Å². The lowest BCUT2D eigenvalue weighted by atomic mass is 10.0. The molecule has 0 heterocycles. The Morgan fingerprint density at radius 2 is 1.32 bits per heavy atom. The number of para-hydroxylation sites is 1. The number of benzene rings is 3. The highest BCUT2D eigenvalue weighted by molar-refractivity contribution is 6.09. The van der Waals surface area contributed by atoms with Crippen LogP contribution in [0.3, 0.4) is 0 Å². The molecule has 0 aliphatic heterocycles. The number of nitrogens with two attached hydrogens (primary N) is 3. The highest BCUT2D eigenvalue weighted by atomic mass is 16.7. The Balaban J connectivity index is 0.000000293. The Morgan fingerprint density at radius 1 is 0.816 bits per heavy atom. The molecule has 3 aromatic carbocycles. The van der Waals surface area contributed by atoms with Crippen molar-refractivity contribution in [3.05, 3.63) is 80.4 Å². The van der Waals surface area contributed by atoms with Crippen LogP contribution in [0.5, 0.6) is 17.2 Å². The monoisotopic (exact) mass is 527 g/mol. The summed E-state index contributed by atoms with van der Waals surface area (Å²) in [6, 6.07) is 12.8. The van der Waals surface area contributed by atoms with Gasteiger partial charge in [-0.2, -0.15) is 0 Å². The number of anilines is 3. The second-order valence-corrected chi connectivity index (χ2v) is 7.59. The summed E-state index contributed by atoms with van der Waals surface area (Å²) >= 11 is 0. The lowest BCUT2D eigenvalue weighted by Gasteiger charge is -2.09. The molecule has 200 valence electrons. The van der Waals surface area contributed by atoms with E-state index in [0.717, 1.165) is 12.1 Å². The largest absolute Gasteiger partial charge is 0.494 e. The zero-order valence-corrected chi connectivity index (χ0v) is 20.4. The number of methoxy groups -OCH3 is 1. The summed E-state index contributed by atoms with van der Waals surface area (Å²) in [6.45, 7) is 1.07. The van der Waals surface area contributed by atoms with Gasteiger partial charge in [-0.1, -0.05) is 6.07 Å². The van der Waals surface area contributed by atoms with E-state index in [1.54, 1.807) is 18.2 Å². The fourth-order valence-corrected chi connectivity index (χ4v) is 3.03. The number of carbonyl (C=O) groups excluding carboxylic acids is 2. The SMILES string of the molecule is COc1c(N)cccc1C(=O)CC(C)=O.Nc1ccc(OCOc2ccc(N)c([N+](=O)[O-])c2)cc1[N+](=O)[O-]. The number of rotatable bonds is 10. The fraction of sp³-hybridized carbons (Fsp3) is 0.167. The highest BCUT2D eigenvalue weighted by Gasteiger charge is 2.16. The molecule has 0 atom stereocenters. The van der Waals surface area contributed by atoms with E-state index in [1.807, 2.05) is 0 Å². The molecule has 0 amide bonds. The third-order valence-electron chi connectivity index (χ3n) is 4.81. The fourth-order valence-electron chi connectivity index (χ4n) is 3.03. The summed E-state index contributed by atoms with van der Waals surface area (Å²) in [7, 11) is 1.44. The second kappa shape index (κ2) is 13.1. The van der Waals surface area contributed by atoms with Crippen LogP contribution in [-0.4, -0.2) is 35.3 Å². The van der Waals surface area contributed by atoms with Crippen LogP contribution in [0.4, 0.5) is 28.4 Å². The van der Waals surface area contributed by atoms with Crippen molar-refractivity contribution in [1.29, 1.82) is 0 Å². The van der Waals surface area contributed by atoms with E-state index < -0.39 is 9.85 Å². The number of nitro benzene ring substituents is 2. The molecule has 14 nitrogen and oxygen atoms in total. The van der Waals surface area contributed by atoms with Crippen molar-refractivity contribution in [2.45, 2.75) is 13.3 Å². The molecule has 3 rings (SSSR count). The van der Waals surface area contributed by atoms with Crippen LogP contribution in [0, 0.1) is 20.2 Å². The molecular weight excluding hydrogens is 502 g/mol. The average molecular weight is 527 g/mol. The van der Waals surface area contributed by atoms with Crippen LogP contribution in [0.25, 0.3) is 0 Å². The summed E-state index contributed by atoms with van der Waals surface area (Å²) in [5.74, 6) is 0.242. The van der Waals surface area contributed by atoms with Gasteiger partial charge in [-0.3, -0.25) is 29.8 Å². The summed E-state index contributed by atoms with van der Waals surface area (Å²) in [6.07, 6.45) is -0.125. The minimum Gasteiger partial charge on any atom is -0.494 e. The maximum atomic E-state index is 11.6. The van der Waals surface area contributed by atoms with Crippen LogP contribution < -0.4 is 31.4 Å². The number of carbonyl (C=O) groups is 2. The van der Waals surface area contributed by atoms with Crippen molar-refractivity contribution in [2.24, 2.45) is 0 Å². The Bertz CT molecular complexity index is 1300. The van der Waals surface area contributed by atoms with Gasteiger partial charge in [0.25, 0.3) is 11.4 Å². The first-order valence-electron chi connectivity index (χ1n) is 10.7. The van der Waals surface area contributed by atoms with E-state index in [2.05, 4.69) is 0 Å². The number of hydrogen-bond acceptors (Lipinski definition) is 12. The number of nitrogens with zero attached hydrogens (tertiary/aromatic N) is 2. The molecule has 0 spiro atoms. The third kappa shape index (κ3) is 7.81. The van der Waals surface area contributed by atoms with Crippen LogP contribution in [0.2, 0.25) is 0 Å². The smallest absolute Gasteiger partial charge is 0.295 e. The molecule has 0 unspecified atom stereocenters. The topological polar surface area (TPSA) is 226 Å². The Morgan fingerprint density at radius 3 is 1.74 bits per heavy atom. The van der Waals surface area contributed by atoms with E-state index in [-0.39, 0.29) is 59.0 Å². The Hall–Kier alpha value is -5.40. The van der Waals surface area contributed by atoms with Crippen LogP contribution in [0.15, 0.2) is 54.6 Å². The maximum absolute atomic E-state index is 11.6. The Kier molecular flexibility index (Phi) is 9.91. The first kappa shape index (κ1) is 28.8. The summed E-state index contributed by atoms with van der Waals surface area (Å²) < 4.78 is 15.4. The standard InChI is InChI=1S/C13H12N4O6.C11H13NO3/c14-10-3-1-8(5-12(10)16(18)19)22-7-23-9-2-4-11(15)13(6-9)17(20)21;1-7(13)6-10(14)8-4-3-5-9(12)11(8)15-2/h1-6H,7,14-15H2;3-5H,6,12H2,1-2H3. The predicted molar refractivity (Wildman–Crippen MR) is 138 cm³/mol. The van der Waals surface area contributed by atoms with Gasteiger partial charge < -0.3 is 31.4 Å². The number of Topliss-reactive ketones (excluding diaryl/α,β-unsaturated/α-hetero) is 2. The quantitative estimate of drug-likeness (QED) is 0.0859. The summed E-state index contributed by atoms with van der Waals surface area (Å²) in [5.41, 5.74) is 16.8. The number of nitro groups is 2. The molecule has 0 saturated carbocycles. The van der Waals surface area contributed by atoms with Gasteiger partial charge in [-0.15, -0.1) is 0 Å². The van der Waals surface area contributed by atoms with Crippen LogP contribution in [0.1, 0.15) is 23.7 Å². The van der Waals surface area contributed by atoms with Crippen molar-refractivity contribution >= 4 is 40.0 Å². The molecule has 6 N–H and O–H groups in total. The third-order valence-corrected chi connectivity index (χ3v) is 4.81. The predicted octanol–water partition coefficient (Wildman–Crippen LogP) is 3.52. The van der Waals surface area contributed by atoms with E-state index in [4.69, 9.17) is 31.4 Å². The average Bonchev–Trinajstić information content (AvgIpc) is 2.85. The first-order valence-corrected chi connectivity index (χ1v) is 10.7. The molecule has 0 fully saturated rings. The zero-order chi connectivity index (χ0) is 28.4. The van der Waals surface area contributed by atoms with Gasteiger partial charge in [0.05, 0.1) is 46.8 Å². The van der Waals surface area contributed by atoms with Gasteiger partial charge in [0.1, 0.15) is 28.7 Å². The number of hydrogen-bond donors (Lipinski definition) is 3. The van der Waals surface area contributed by atoms with Crippen molar-refractivity contribution < 1.29 is 33.6 Å². The van der Waals surface area contributed by atoms with Crippen molar-refractivity contribution in [3.8, 4) is 17.2 Å².